The molecule has 4 heteroatoms. The maximum absolute atomic E-state index is 12.5. The van der Waals surface area contributed by atoms with E-state index in [9.17, 15) is 4.79 Å². The molecule has 1 aliphatic heterocycles. The van der Waals surface area contributed by atoms with Crippen LogP contribution in [0.2, 0.25) is 0 Å². The molecule has 1 unspecified atom stereocenters. The van der Waals surface area contributed by atoms with Gasteiger partial charge < -0.3 is 15.0 Å². The molecule has 0 spiro atoms. The summed E-state index contributed by atoms with van der Waals surface area (Å²) in [6.07, 6.45) is -0.0578. The number of benzene rings is 2. The minimum Gasteiger partial charge on any atom is -0.370 e. The van der Waals surface area contributed by atoms with Gasteiger partial charge in [0.2, 0.25) is 0 Å². The highest BCUT2D eigenvalue weighted by Crippen LogP contribution is 2.23. The van der Waals surface area contributed by atoms with Crippen LogP contribution in [-0.2, 0) is 4.74 Å². The van der Waals surface area contributed by atoms with Crippen LogP contribution in [0.4, 0.5) is 10.5 Å². The highest BCUT2D eigenvalue weighted by Gasteiger charge is 2.25. The molecule has 22 heavy (non-hydrogen) atoms. The lowest BCUT2D eigenvalue weighted by molar-refractivity contribution is -0.0135. The quantitative estimate of drug-likeness (QED) is 0.920. The Morgan fingerprint density at radius 3 is 2.64 bits per heavy atom. The lowest BCUT2D eigenvalue weighted by Crippen LogP contribution is -2.44. The number of amides is 2. The molecule has 0 saturated carbocycles. The monoisotopic (exact) mass is 296 g/mol. The normalized spacial score (nSPS) is 18.0. The van der Waals surface area contributed by atoms with E-state index in [0.29, 0.717) is 19.7 Å². The van der Waals surface area contributed by atoms with E-state index >= 15 is 0 Å². The Kier molecular flexibility index (Phi) is 4.39. The molecule has 114 valence electrons. The van der Waals surface area contributed by atoms with Gasteiger partial charge in [-0.1, -0.05) is 48.5 Å². The van der Waals surface area contributed by atoms with E-state index in [-0.39, 0.29) is 12.1 Å². The van der Waals surface area contributed by atoms with Crippen LogP contribution in [0.15, 0.2) is 54.6 Å². The Balaban J connectivity index is 1.67. The first-order chi connectivity index (χ1) is 10.7. The van der Waals surface area contributed by atoms with Crippen molar-refractivity contribution >= 4 is 11.7 Å². The zero-order valence-corrected chi connectivity index (χ0v) is 12.7. The molecule has 0 bridgehead atoms. The van der Waals surface area contributed by atoms with Crippen LogP contribution in [0.3, 0.4) is 0 Å². The Morgan fingerprint density at radius 2 is 1.86 bits per heavy atom. The van der Waals surface area contributed by atoms with E-state index in [1.807, 2.05) is 66.4 Å². The summed E-state index contributed by atoms with van der Waals surface area (Å²) >= 11 is 0. The number of aryl methyl sites for hydroxylation is 1. The molecule has 1 heterocycles. The third kappa shape index (κ3) is 3.28. The molecule has 0 aliphatic carbocycles. The zero-order chi connectivity index (χ0) is 15.4. The van der Waals surface area contributed by atoms with Gasteiger partial charge in [-0.05, 0) is 24.1 Å². The van der Waals surface area contributed by atoms with Crippen molar-refractivity contribution in [1.82, 2.24) is 4.90 Å². The first-order valence-electron chi connectivity index (χ1n) is 7.52. The molecule has 1 N–H and O–H groups in total. The fourth-order valence-corrected chi connectivity index (χ4v) is 2.61. The SMILES string of the molecule is Cc1ccccc1NC(=O)N1CCOC(c2ccccc2)C1. The number of morpholine rings is 1. The molecule has 3 rings (SSSR count). The van der Waals surface area contributed by atoms with E-state index in [4.69, 9.17) is 4.74 Å². The Bertz CT molecular complexity index is 643. The average molecular weight is 296 g/mol. The van der Waals surface area contributed by atoms with Crippen molar-refractivity contribution in [3.63, 3.8) is 0 Å². The van der Waals surface area contributed by atoms with Crippen molar-refractivity contribution in [3.05, 3.63) is 65.7 Å². The van der Waals surface area contributed by atoms with Crippen molar-refractivity contribution in [2.75, 3.05) is 25.0 Å². The lowest BCUT2D eigenvalue weighted by Gasteiger charge is -2.33. The first-order valence-corrected chi connectivity index (χ1v) is 7.52. The standard InChI is InChI=1S/C18H20N2O2/c1-14-7-5-6-10-16(14)19-18(21)20-11-12-22-17(13-20)15-8-3-2-4-9-15/h2-10,17H,11-13H2,1H3,(H,19,21). The van der Waals surface area contributed by atoms with Crippen molar-refractivity contribution in [1.29, 1.82) is 0 Å². The van der Waals surface area contributed by atoms with Gasteiger partial charge >= 0.3 is 6.03 Å². The van der Waals surface area contributed by atoms with Gasteiger partial charge in [0, 0.05) is 12.2 Å². The number of hydrogen-bond donors (Lipinski definition) is 1. The molecule has 1 fully saturated rings. The van der Waals surface area contributed by atoms with Crippen LogP contribution in [0.1, 0.15) is 17.2 Å². The van der Waals surface area contributed by atoms with Gasteiger partial charge in [0.25, 0.3) is 0 Å². The fourth-order valence-electron chi connectivity index (χ4n) is 2.61. The van der Waals surface area contributed by atoms with Gasteiger partial charge in [-0.3, -0.25) is 0 Å². The summed E-state index contributed by atoms with van der Waals surface area (Å²) in [7, 11) is 0. The number of hydrogen-bond acceptors (Lipinski definition) is 2. The van der Waals surface area contributed by atoms with Gasteiger partial charge in [-0.2, -0.15) is 0 Å². The number of anilines is 1. The number of nitrogens with one attached hydrogen (secondary N) is 1. The zero-order valence-electron chi connectivity index (χ0n) is 12.7. The molecule has 1 atom stereocenters. The van der Waals surface area contributed by atoms with Crippen LogP contribution < -0.4 is 5.32 Å². The minimum atomic E-state index is -0.0708. The second-order valence-electron chi connectivity index (χ2n) is 5.46. The predicted octanol–water partition coefficient (Wildman–Crippen LogP) is 3.60. The van der Waals surface area contributed by atoms with E-state index in [2.05, 4.69) is 5.32 Å². The van der Waals surface area contributed by atoms with E-state index in [0.717, 1.165) is 16.8 Å². The molecule has 4 nitrogen and oxygen atoms in total. The van der Waals surface area contributed by atoms with E-state index in [1.54, 1.807) is 0 Å². The predicted molar refractivity (Wildman–Crippen MR) is 86.9 cm³/mol. The van der Waals surface area contributed by atoms with E-state index in [1.165, 1.54) is 0 Å². The number of urea groups is 1. The van der Waals surface area contributed by atoms with Crippen LogP contribution in [0.5, 0.6) is 0 Å². The number of para-hydroxylation sites is 1. The number of ether oxygens (including phenoxy) is 1. The molecule has 2 aromatic rings. The smallest absolute Gasteiger partial charge is 0.322 e. The maximum Gasteiger partial charge on any atom is 0.322 e. The number of carbonyl (C=O) groups is 1. The Labute approximate surface area is 130 Å². The first kappa shape index (κ1) is 14.6. The van der Waals surface area contributed by atoms with Gasteiger partial charge in [0.1, 0.15) is 6.10 Å². The largest absolute Gasteiger partial charge is 0.370 e. The molecule has 0 aromatic heterocycles. The lowest BCUT2D eigenvalue weighted by atomic mass is 10.1. The van der Waals surface area contributed by atoms with Crippen LogP contribution in [0, 0.1) is 6.92 Å². The van der Waals surface area contributed by atoms with Gasteiger partial charge in [-0.15, -0.1) is 0 Å². The maximum atomic E-state index is 12.5. The van der Waals surface area contributed by atoms with Crippen LogP contribution in [0.25, 0.3) is 0 Å². The molecule has 1 saturated heterocycles. The summed E-state index contributed by atoms with van der Waals surface area (Å²) in [6.45, 7) is 3.73. The Morgan fingerprint density at radius 1 is 1.14 bits per heavy atom. The summed E-state index contributed by atoms with van der Waals surface area (Å²) in [6, 6.07) is 17.8. The molecular weight excluding hydrogens is 276 g/mol. The second-order valence-corrected chi connectivity index (χ2v) is 5.46. The average Bonchev–Trinajstić information content (AvgIpc) is 2.58. The topological polar surface area (TPSA) is 41.6 Å². The summed E-state index contributed by atoms with van der Waals surface area (Å²) in [5.41, 5.74) is 3.02. The molecule has 2 amide bonds. The fraction of sp³-hybridized carbons (Fsp3) is 0.278. The summed E-state index contributed by atoms with van der Waals surface area (Å²) in [4.78, 5) is 14.3. The van der Waals surface area contributed by atoms with Gasteiger partial charge in [0.05, 0.1) is 13.2 Å². The van der Waals surface area contributed by atoms with Gasteiger partial charge in [-0.25, -0.2) is 4.79 Å². The second kappa shape index (κ2) is 6.62. The third-order valence-electron chi connectivity index (χ3n) is 3.91. The number of rotatable bonds is 2. The summed E-state index contributed by atoms with van der Waals surface area (Å²) in [5, 5.41) is 2.98. The minimum absolute atomic E-state index is 0.0578. The van der Waals surface area contributed by atoms with Crippen LogP contribution in [-0.4, -0.2) is 30.6 Å². The van der Waals surface area contributed by atoms with Crippen LogP contribution >= 0.6 is 0 Å². The van der Waals surface area contributed by atoms with E-state index < -0.39 is 0 Å². The number of carbonyl (C=O) groups excluding carboxylic acids is 1. The van der Waals surface area contributed by atoms with Gasteiger partial charge in [0.15, 0.2) is 0 Å². The third-order valence-corrected chi connectivity index (χ3v) is 3.91. The number of nitrogens with zero attached hydrogens (tertiary/aromatic N) is 1. The Hall–Kier alpha value is -2.33. The summed E-state index contributed by atoms with van der Waals surface area (Å²) < 4.78 is 5.80. The van der Waals surface area contributed by atoms with Crippen molar-refractivity contribution in [2.24, 2.45) is 0 Å². The molecular formula is C18H20N2O2. The van der Waals surface area contributed by atoms with Crippen molar-refractivity contribution in [3.8, 4) is 0 Å². The molecule has 2 aromatic carbocycles. The molecule has 1 aliphatic rings. The highest BCUT2D eigenvalue weighted by molar-refractivity contribution is 5.90. The summed E-state index contributed by atoms with van der Waals surface area (Å²) in [5.74, 6) is 0. The van der Waals surface area contributed by atoms with Crippen molar-refractivity contribution < 1.29 is 9.53 Å². The van der Waals surface area contributed by atoms with Crippen molar-refractivity contribution in [2.45, 2.75) is 13.0 Å². The molecule has 0 radical (unpaired) electrons. The highest BCUT2D eigenvalue weighted by atomic mass is 16.5.